The van der Waals surface area contributed by atoms with Crippen molar-refractivity contribution in [2.75, 3.05) is 6.61 Å². The van der Waals surface area contributed by atoms with Gasteiger partial charge in [0.25, 0.3) is 0 Å². The number of nitrogens with zero attached hydrogens (tertiary/aromatic N) is 1. The smallest absolute Gasteiger partial charge is 0.240 e. The molecule has 1 aliphatic heterocycles. The van der Waals surface area contributed by atoms with E-state index >= 15 is 0 Å². The van der Waals surface area contributed by atoms with Gasteiger partial charge in [-0.3, -0.25) is 0 Å². The first-order valence-electron chi connectivity index (χ1n) is 5.77. The summed E-state index contributed by atoms with van der Waals surface area (Å²) in [5.41, 5.74) is -0.293. The van der Waals surface area contributed by atoms with E-state index in [4.69, 9.17) is 10.00 Å². The third-order valence-electron chi connectivity index (χ3n) is 3.05. The fraction of sp³-hybridized carbons (Fsp3) is 0.417. The molecule has 0 spiro atoms. The van der Waals surface area contributed by atoms with Crippen LogP contribution >= 0.6 is 0 Å². The van der Waals surface area contributed by atoms with Gasteiger partial charge in [0.2, 0.25) is 10.0 Å². The monoisotopic (exact) mass is 284 g/mol. The van der Waals surface area contributed by atoms with Crippen molar-refractivity contribution in [3.8, 4) is 6.07 Å². The Labute approximate surface area is 111 Å². The molecule has 1 aromatic carbocycles. The number of benzene rings is 1. The van der Waals surface area contributed by atoms with E-state index in [2.05, 4.69) is 4.72 Å². The molecule has 1 aromatic rings. The maximum Gasteiger partial charge on any atom is 0.240 e. The Hall–Kier alpha value is -1.49. The number of ether oxygens (including phenoxy) is 1. The van der Waals surface area contributed by atoms with Gasteiger partial charge in [0.05, 0.1) is 22.6 Å². The Bertz CT molecular complexity index is 624. The Morgan fingerprint density at radius 1 is 1.53 bits per heavy atom. The summed E-state index contributed by atoms with van der Waals surface area (Å²) >= 11 is 0. The first-order chi connectivity index (χ1) is 8.94. The maximum absolute atomic E-state index is 13.2. The second kappa shape index (κ2) is 5.25. The molecule has 0 amide bonds. The lowest BCUT2D eigenvalue weighted by Gasteiger charge is -2.16. The second-order valence-corrected chi connectivity index (χ2v) is 6.06. The number of nitriles is 1. The predicted octanol–water partition coefficient (Wildman–Crippen LogP) is 1.15. The van der Waals surface area contributed by atoms with Crippen molar-refractivity contribution in [1.82, 2.24) is 4.72 Å². The first kappa shape index (κ1) is 13.9. The highest BCUT2D eigenvalue weighted by molar-refractivity contribution is 7.89. The average Bonchev–Trinajstić information content (AvgIpc) is 2.74. The van der Waals surface area contributed by atoms with Crippen molar-refractivity contribution in [3.63, 3.8) is 0 Å². The van der Waals surface area contributed by atoms with Gasteiger partial charge in [0, 0.05) is 6.61 Å². The number of halogens is 1. The molecular weight excluding hydrogens is 271 g/mol. The summed E-state index contributed by atoms with van der Waals surface area (Å²) < 4.78 is 45.2. The van der Waals surface area contributed by atoms with Crippen LogP contribution in [-0.2, 0) is 14.8 Å². The molecule has 2 rings (SSSR count). The Morgan fingerprint density at radius 3 is 2.84 bits per heavy atom. The van der Waals surface area contributed by atoms with Gasteiger partial charge < -0.3 is 4.74 Å². The van der Waals surface area contributed by atoms with Crippen molar-refractivity contribution >= 4 is 10.0 Å². The molecular formula is C12H13FN2O3S. The lowest BCUT2D eigenvalue weighted by atomic mass is 10.2. The molecule has 2 unspecified atom stereocenters. The lowest BCUT2D eigenvalue weighted by molar-refractivity contribution is 0.117. The van der Waals surface area contributed by atoms with Crippen molar-refractivity contribution in [1.29, 1.82) is 5.26 Å². The van der Waals surface area contributed by atoms with E-state index in [-0.39, 0.29) is 22.6 Å². The molecule has 1 fully saturated rings. The summed E-state index contributed by atoms with van der Waals surface area (Å²) in [6.45, 7) is 2.28. The van der Waals surface area contributed by atoms with Crippen LogP contribution in [0.15, 0.2) is 23.1 Å². The van der Waals surface area contributed by atoms with Crippen molar-refractivity contribution in [3.05, 3.63) is 29.6 Å². The van der Waals surface area contributed by atoms with Crippen molar-refractivity contribution in [2.24, 2.45) is 0 Å². The quantitative estimate of drug-likeness (QED) is 0.903. The summed E-state index contributed by atoms with van der Waals surface area (Å²) in [4.78, 5) is -0.121. The van der Waals surface area contributed by atoms with E-state index in [1.807, 2.05) is 0 Å². The normalized spacial score (nSPS) is 23.2. The van der Waals surface area contributed by atoms with Crippen LogP contribution in [0.2, 0.25) is 0 Å². The SMILES string of the molecule is CC1OCCC1NS(=O)(=O)c1ccc(F)c(C#N)c1. The number of nitrogens with one attached hydrogen (secondary N) is 1. The zero-order valence-electron chi connectivity index (χ0n) is 10.3. The van der Waals surface area contributed by atoms with Gasteiger partial charge in [0.15, 0.2) is 0 Å². The Morgan fingerprint density at radius 2 is 2.26 bits per heavy atom. The van der Waals surface area contributed by atoms with E-state index in [0.29, 0.717) is 13.0 Å². The topological polar surface area (TPSA) is 79.2 Å². The Kier molecular flexibility index (Phi) is 3.85. The average molecular weight is 284 g/mol. The van der Waals surface area contributed by atoms with Crippen molar-refractivity contribution in [2.45, 2.75) is 30.4 Å². The number of hydrogen-bond acceptors (Lipinski definition) is 4. The largest absolute Gasteiger partial charge is 0.377 e. The highest BCUT2D eigenvalue weighted by atomic mass is 32.2. The highest BCUT2D eigenvalue weighted by Gasteiger charge is 2.29. The van der Waals surface area contributed by atoms with Gasteiger partial charge in [-0.2, -0.15) is 5.26 Å². The van der Waals surface area contributed by atoms with E-state index in [9.17, 15) is 12.8 Å². The third-order valence-corrected chi connectivity index (χ3v) is 4.54. The van der Waals surface area contributed by atoms with Crippen LogP contribution in [0.5, 0.6) is 0 Å². The summed E-state index contributed by atoms with van der Waals surface area (Å²) in [6.07, 6.45) is 0.387. The fourth-order valence-electron chi connectivity index (χ4n) is 1.91. The van der Waals surface area contributed by atoms with Crippen LogP contribution in [-0.4, -0.2) is 27.2 Å². The van der Waals surface area contributed by atoms with Gasteiger partial charge in [-0.1, -0.05) is 0 Å². The zero-order chi connectivity index (χ0) is 14.0. The molecule has 0 saturated carbocycles. The maximum atomic E-state index is 13.2. The highest BCUT2D eigenvalue weighted by Crippen LogP contribution is 2.18. The predicted molar refractivity (Wildman–Crippen MR) is 65.3 cm³/mol. The minimum absolute atomic E-state index is 0.121. The molecule has 1 aliphatic rings. The van der Waals surface area contributed by atoms with Crippen LogP contribution < -0.4 is 4.72 Å². The Balaban J connectivity index is 2.27. The molecule has 19 heavy (non-hydrogen) atoms. The minimum Gasteiger partial charge on any atom is -0.377 e. The molecule has 1 heterocycles. The van der Waals surface area contributed by atoms with Crippen LogP contribution in [0, 0.1) is 17.1 Å². The number of sulfonamides is 1. The molecule has 2 atom stereocenters. The molecule has 0 bridgehead atoms. The van der Waals surface area contributed by atoms with Gasteiger partial charge in [-0.25, -0.2) is 17.5 Å². The molecule has 5 nitrogen and oxygen atoms in total. The third kappa shape index (κ3) is 2.92. The molecule has 1 saturated heterocycles. The van der Waals surface area contributed by atoms with E-state index < -0.39 is 15.8 Å². The number of hydrogen-bond donors (Lipinski definition) is 1. The van der Waals surface area contributed by atoms with Crippen LogP contribution in [0.25, 0.3) is 0 Å². The molecule has 102 valence electrons. The molecule has 0 aliphatic carbocycles. The molecule has 1 N–H and O–H groups in total. The summed E-state index contributed by atoms with van der Waals surface area (Å²) in [7, 11) is -3.77. The van der Waals surface area contributed by atoms with E-state index in [1.54, 1.807) is 13.0 Å². The molecule has 0 aromatic heterocycles. The van der Waals surface area contributed by atoms with Gasteiger partial charge in [-0.05, 0) is 31.5 Å². The molecule has 0 radical (unpaired) electrons. The van der Waals surface area contributed by atoms with Gasteiger partial charge in [0.1, 0.15) is 11.9 Å². The van der Waals surface area contributed by atoms with Gasteiger partial charge in [-0.15, -0.1) is 0 Å². The fourth-order valence-corrected chi connectivity index (χ4v) is 3.28. The zero-order valence-corrected chi connectivity index (χ0v) is 11.1. The van der Waals surface area contributed by atoms with Crippen LogP contribution in [0.4, 0.5) is 4.39 Å². The minimum atomic E-state index is -3.77. The second-order valence-electron chi connectivity index (χ2n) is 4.35. The summed E-state index contributed by atoms with van der Waals surface area (Å²) in [5.74, 6) is -0.737. The van der Waals surface area contributed by atoms with Crippen LogP contribution in [0.1, 0.15) is 18.9 Å². The number of rotatable bonds is 3. The van der Waals surface area contributed by atoms with Crippen molar-refractivity contribution < 1.29 is 17.5 Å². The van der Waals surface area contributed by atoms with E-state index in [1.165, 1.54) is 0 Å². The standard InChI is InChI=1S/C12H13FN2O3S/c1-8-12(4-5-18-8)15-19(16,17)10-2-3-11(13)9(6-10)7-14/h2-3,6,8,12,15H,4-5H2,1H3. The lowest BCUT2D eigenvalue weighted by Crippen LogP contribution is -2.39. The first-order valence-corrected chi connectivity index (χ1v) is 7.26. The van der Waals surface area contributed by atoms with Crippen LogP contribution in [0.3, 0.4) is 0 Å². The van der Waals surface area contributed by atoms with Gasteiger partial charge >= 0.3 is 0 Å². The summed E-state index contributed by atoms with van der Waals surface area (Å²) in [5, 5.41) is 8.71. The van der Waals surface area contributed by atoms with E-state index in [0.717, 1.165) is 18.2 Å². The summed E-state index contributed by atoms with van der Waals surface area (Å²) in [6, 6.07) is 4.45. The molecule has 7 heteroatoms.